The molecule has 2 unspecified atom stereocenters. The van der Waals surface area contributed by atoms with E-state index in [0.717, 1.165) is 57.8 Å². The minimum atomic E-state index is -1.38. The third-order valence-electron chi connectivity index (χ3n) is 8.95. The van der Waals surface area contributed by atoms with Gasteiger partial charge in [0.2, 0.25) is 11.8 Å². The van der Waals surface area contributed by atoms with E-state index in [1.165, 1.54) is 96.3 Å². The zero-order chi connectivity index (χ0) is 36.9. The highest BCUT2D eigenvalue weighted by molar-refractivity contribution is 5.87. The van der Waals surface area contributed by atoms with Gasteiger partial charge in [0, 0.05) is 12.8 Å². The van der Waals surface area contributed by atoms with Crippen LogP contribution < -0.4 is 10.6 Å². The van der Waals surface area contributed by atoms with Crippen molar-refractivity contribution >= 4 is 23.8 Å². The molecule has 0 aromatic rings. The number of aliphatic hydroxyl groups is 1. The molecule has 0 fully saturated rings. The second-order valence-electron chi connectivity index (χ2n) is 13.7. The monoisotopic (exact) mass is 707 g/mol. The van der Waals surface area contributed by atoms with Gasteiger partial charge in [-0.25, -0.2) is 4.79 Å². The Kier molecular flexibility index (Phi) is 34.2. The fourth-order valence-electron chi connectivity index (χ4n) is 5.80. The first kappa shape index (κ1) is 47.3. The van der Waals surface area contributed by atoms with Gasteiger partial charge in [0.15, 0.2) is 0 Å². The number of carboxylic acids is 1. The second-order valence-corrected chi connectivity index (χ2v) is 13.7. The number of allylic oxidation sites excluding steroid dienone is 4. The molecular formula is C41H74N2O7. The van der Waals surface area contributed by atoms with Crippen LogP contribution in [0.3, 0.4) is 0 Å². The number of rotatable bonds is 36. The van der Waals surface area contributed by atoms with Crippen LogP contribution in [-0.4, -0.2) is 59.3 Å². The van der Waals surface area contributed by atoms with E-state index in [1.54, 1.807) is 0 Å². The fraction of sp³-hybridized carbons (Fsp3) is 0.805. The van der Waals surface area contributed by atoms with Crippen molar-refractivity contribution in [2.75, 3.05) is 13.2 Å². The second kappa shape index (κ2) is 36.1. The minimum Gasteiger partial charge on any atom is -0.480 e. The zero-order valence-electron chi connectivity index (χ0n) is 31.9. The van der Waals surface area contributed by atoms with Crippen LogP contribution in [0.2, 0.25) is 0 Å². The largest absolute Gasteiger partial charge is 0.480 e. The van der Waals surface area contributed by atoms with Crippen LogP contribution in [0.5, 0.6) is 0 Å². The van der Waals surface area contributed by atoms with E-state index < -0.39 is 24.5 Å². The summed E-state index contributed by atoms with van der Waals surface area (Å²) in [5, 5.41) is 22.5. The van der Waals surface area contributed by atoms with Crippen molar-refractivity contribution in [3.05, 3.63) is 24.3 Å². The molecule has 0 heterocycles. The number of carbonyl (C=O) groups is 4. The molecule has 2 atom stereocenters. The summed E-state index contributed by atoms with van der Waals surface area (Å²) in [6.07, 6.45) is 37.9. The van der Waals surface area contributed by atoms with E-state index in [2.05, 4.69) is 48.8 Å². The fourth-order valence-corrected chi connectivity index (χ4v) is 5.80. The first-order valence-electron chi connectivity index (χ1n) is 20.2. The molecule has 0 aliphatic heterocycles. The molecule has 0 rings (SSSR count). The standard InChI is InChI=1S/C41H74N2O7/c1-3-5-7-9-10-11-12-13-14-15-16-17-18-19-20-21-23-29-33-40(47)50-36(30-26-22-8-6-4-2)31-27-24-25-28-32-38(45)42-34-39(46)43-37(35-44)41(48)49/h11-12,14-15,36-37,44H,3-10,13,16-35H2,1-2H3,(H,42,45)(H,43,46)(H,48,49)/b12-11-,15-14-. The summed E-state index contributed by atoms with van der Waals surface area (Å²) in [5.41, 5.74) is 0. The average Bonchev–Trinajstić information content (AvgIpc) is 3.10. The van der Waals surface area contributed by atoms with Crippen LogP contribution in [-0.2, 0) is 23.9 Å². The third kappa shape index (κ3) is 32.5. The molecular weight excluding hydrogens is 632 g/mol. The third-order valence-corrected chi connectivity index (χ3v) is 8.95. The van der Waals surface area contributed by atoms with Gasteiger partial charge in [-0.1, -0.05) is 128 Å². The Morgan fingerprint density at radius 1 is 0.600 bits per heavy atom. The number of hydrogen-bond acceptors (Lipinski definition) is 6. The van der Waals surface area contributed by atoms with Crippen molar-refractivity contribution in [3.8, 4) is 0 Å². The topological polar surface area (TPSA) is 142 Å². The summed E-state index contributed by atoms with van der Waals surface area (Å²) >= 11 is 0. The van der Waals surface area contributed by atoms with E-state index in [1.807, 2.05) is 0 Å². The van der Waals surface area contributed by atoms with Gasteiger partial charge in [0.1, 0.15) is 12.1 Å². The number of carbonyl (C=O) groups excluding carboxylic acids is 3. The number of carboxylic acid groups (broad SMARTS) is 1. The molecule has 4 N–H and O–H groups in total. The van der Waals surface area contributed by atoms with E-state index in [0.29, 0.717) is 12.8 Å². The number of aliphatic hydroxyl groups excluding tert-OH is 1. The van der Waals surface area contributed by atoms with Gasteiger partial charge < -0.3 is 25.6 Å². The summed E-state index contributed by atoms with van der Waals surface area (Å²) in [7, 11) is 0. The summed E-state index contributed by atoms with van der Waals surface area (Å²) < 4.78 is 5.94. The lowest BCUT2D eigenvalue weighted by Gasteiger charge is -2.18. The van der Waals surface area contributed by atoms with E-state index in [4.69, 9.17) is 14.9 Å². The molecule has 9 heteroatoms. The Hall–Kier alpha value is -2.68. The molecule has 0 aliphatic carbocycles. The molecule has 50 heavy (non-hydrogen) atoms. The predicted octanol–water partition coefficient (Wildman–Crippen LogP) is 9.26. The van der Waals surface area contributed by atoms with Crippen molar-refractivity contribution in [1.82, 2.24) is 10.6 Å². The van der Waals surface area contributed by atoms with Gasteiger partial charge in [-0.05, 0) is 70.6 Å². The molecule has 9 nitrogen and oxygen atoms in total. The Labute approximate surface area is 304 Å². The lowest BCUT2D eigenvalue weighted by Crippen LogP contribution is -2.47. The predicted molar refractivity (Wildman–Crippen MR) is 204 cm³/mol. The highest BCUT2D eigenvalue weighted by Crippen LogP contribution is 2.18. The molecule has 2 amide bonds. The summed E-state index contributed by atoms with van der Waals surface area (Å²) in [4.78, 5) is 47.3. The zero-order valence-corrected chi connectivity index (χ0v) is 31.9. The average molecular weight is 707 g/mol. The van der Waals surface area contributed by atoms with Crippen LogP contribution in [0.25, 0.3) is 0 Å². The lowest BCUT2D eigenvalue weighted by molar-refractivity contribution is -0.150. The molecule has 0 saturated carbocycles. The minimum absolute atomic E-state index is 0.0416. The van der Waals surface area contributed by atoms with Gasteiger partial charge in [0.25, 0.3) is 0 Å². The van der Waals surface area contributed by atoms with Crippen molar-refractivity contribution in [2.24, 2.45) is 0 Å². The number of esters is 1. The summed E-state index contributed by atoms with van der Waals surface area (Å²) in [5.74, 6) is -2.34. The maximum Gasteiger partial charge on any atom is 0.328 e. The number of hydrogen-bond donors (Lipinski definition) is 4. The van der Waals surface area contributed by atoms with Crippen molar-refractivity contribution in [2.45, 2.75) is 199 Å². The smallest absolute Gasteiger partial charge is 0.328 e. The number of unbranched alkanes of at least 4 members (excludes halogenated alkanes) is 18. The number of amides is 2. The lowest BCUT2D eigenvalue weighted by atomic mass is 10.0. The van der Waals surface area contributed by atoms with E-state index >= 15 is 0 Å². The molecule has 0 aromatic carbocycles. The van der Waals surface area contributed by atoms with Gasteiger partial charge in [-0.3, -0.25) is 14.4 Å². The molecule has 0 bridgehead atoms. The number of nitrogens with one attached hydrogen (secondary N) is 2. The Balaban J connectivity index is 4.06. The van der Waals surface area contributed by atoms with Crippen LogP contribution >= 0.6 is 0 Å². The highest BCUT2D eigenvalue weighted by atomic mass is 16.5. The van der Waals surface area contributed by atoms with E-state index in [9.17, 15) is 19.2 Å². The Morgan fingerprint density at radius 3 is 1.62 bits per heavy atom. The van der Waals surface area contributed by atoms with E-state index in [-0.39, 0.29) is 30.9 Å². The molecule has 0 saturated heterocycles. The Bertz CT molecular complexity index is 905. The maximum atomic E-state index is 12.6. The number of aliphatic carboxylic acids is 1. The first-order valence-corrected chi connectivity index (χ1v) is 20.2. The van der Waals surface area contributed by atoms with Gasteiger partial charge >= 0.3 is 11.9 Å². The quantitative estimate of drug-likeness (QED) is 0.0289. The summed E-state index contributed by atoms with van der Waals surface area (Å²) in [6, 6.07) is -1.38. The van der Waals surface area contributed by atoms with Gasteiger partial charge in [-0.2, -0.15) is 0 Å². The van der Waals surface area contributed by atoms with Crippen molar-refractivity contribution in [1.29, 1.82) is 0 Å². The first-order chi connectivity index (χ1) is 24.3. The van der Waals surface area contributed by atoms with Crippen molar-refractivity contribution < 1.29 is 34.1 Å². The van der Waals surface area contributed by atoms with Crippen LogP contribution in [0.15, 0.2) is 24.3 Å². The molecule has 290 valence electrons. The SMILES string of the molecule is CCCCCC/C=C\C/C=C\CCCCCCCCCC(=O)OC(CCCCCCC)CCCCCCC(=O)NCC(=O)NC(CO)C(=O)O. The molecule has 0 radical (unpaired) electrons. The van der Waals surface area contributed by atoms with Crippen LogP contribution in [0.4, 0.5) is 0 Å². The van der Waals surface area contributed by atoms with Gasteiger partial charge in [-0.15, -0.1) is 0 Å². The maximum absolute atomic E-state index is 12.6. The highest BCUT2D eigenvalue weighted by Gasteiger charge is 2.19. The van der Waals surface area contributed by atoms with Crippen LogP contribution in [0.1, 0.15) is 187 Å². The van der Waals surface area contributed by atoms with Gasteiger partial charge in [0.05, 0.1) is 13.2 Å². The summed E-state index contributed by atoms with van der Waals surface area (Å²) in [6.45, 7) is 3.41. The van der Waals surface area contributed by atoms with Crippen LogP contribution in [0, 0.1) is 0 Å². The molecule has 0 aromatic heterocycles. The molecule has 0 aliphatic rings. The number of ether oxygens (including phenoxy) is 1. The normalized spacial score (nSPS) is 12.7. The molecule has 0 spiro atoms. The Morgan fingerprint density at radius 2 is 1.08 bits per heavy atom. The van der Waals surface area contributed by atoms with Crippen molar-refractivity contribution in [3.63, 3.8) is 0 Å².